The number of rotatable bonds is 3. The molecule has 0 aliphatic rings. The first-order valence-corrected chi connectivity index (χ1v) is 5.49. The van der Waals surface area contributed by atoms with Crippen LogP contribution < -0.4 is 11.1 Å². The molecule has 0 spiro atoms. The van der Waals surface area contributed by atoms with Crippen LogP contribution in [0.4, 0.5) is 17.1 Å². The van der Waals surface area contributed by atoms with E-state index in [-0.39, 0.29) is 0 Å². The van der Waals surface area contributed by atoms with Gasteiger partial charge in [-0.3, -0.25) is 0 Å². The zero-order valence-corrected chi connectivity index (χ0v) is 9.40. The predicted octanol–water partition coefficient (Wildman–Crippen LogP) is 3.57. The Balaban J connectivity index is 2.16. The second-order valence-electron chi connectivity index (χ2n) is 3.80. The van der Waals surface area contributed by atoms with Gasteiger partial charge in [0, 0.05) is 17.1 Å². The Hall–Kier alpha value is -1.96. The summed E-state index contributed by atoms with van der Waals surface area (Å²) in [5.74, 6) is 0. The Morgan fingerprint density at radius 3 is 2.44 bits per heavy atom. The van der Waals surface area contributed by atoms with E-state index in [0.717, 1.165) is 23.5 Å². The van der Waals surface area contributed by atoms with E-state index in [1.807, 2.05) is 24.3 Å². The molecule has 82 valence electrons. The van der Waals surface area contributed by atoms with E-state index in [9.17, 15) is 0 Å². The lowest BCUT2D eigenvalue weighted by molar-refractivity contribution is 1.14. The molecule has 0 bridgehead atoms. The van der Waals surface area contributed by atoms with Gasteiger partial charge < -0.3 is 11.1 Å². The first-order chi connectivity index (χ1) is 7.78. The van der Waals surface area contributed by atoms with Crippen LogP contribution >= 0.6 is 0 Å². The maximum absolute atomic E-state index is 5.64. The van der Waals surface area contributed by atoms with E-state index in [1.54, 1.807) is 0 Å². The Labute approximate surface area is 96.1 Å². The van der Waals surface area contributed by atoms with Crippen LogP contribution in [0.1, 0.15) is 12.5 Å². The van der Waals surface area contributed by atoms with Crippen molar-refractivity contribution in [1.82, 2.24) is 0 Å². The smallest absolute Gasteiger partial charge is 0.0386 e. The molecule has 16 heavy (non-hydrogen) atoms. The van der Waals surface area contributed by atoms with Gasteiger partial charge in [-0.2, -0.15) is 0 Å². The highest BCUT2D eigenvalue weighted by atomic mass is 14.9. The van der Waals surface area contributed by atoms with Crippen molar-refractivity contribution in [2.45, 2.75) is 13.3 Å². The molecule has 3 N–H and O–H groups in total. The van der Waals surface area contributed by atoms with Crippen molar-refractivity contribution in [3.63, 3.8) is 0 Å². The maximum atomic E-state index is 5.64. The zero-order chi connectivity index (χ0) is 11.4. The summed E-state index contributed by atoms with van der Waals surface area (Å²) in [6.07, 6.45) is 1.05. The summed E-state index contributed by atoms with van der Waals surface area (Å²) in [7, 11) is 0. The number of hydrogen-bond donors (Lipinski definition) is 2. The maximum Gasteiger partial charge on any atom is 0.0386 e. The third-order valence-corrected chi connectivity index (χ3v) is 2.53. The monoisotopic (exact) mass is 212 g/mol. The van der Waals surface area contributed by atoms with Crippen LogP contribution in [-0.2, 0) is 6.42 Å². The van der Waals surface area contributed by atoms with Gasteiger partial charge in [0.15, 0.2) is 0 Å². The van der Waals surface area contributed by atoms with E-state index < -0.39 is 0 Å². The summed E-state index contributed by atoms with van der Waals surface area (Å²) in [6, 6.07) is 16.2. The average Bonchev–Trinajstić information content (AvgIpc) is 2.32. The van der Waals surface area contributed by atoms with Gasteiger partial charge in [0.25, 0.3) is 0 Å². The number of nitrogens with two attached hydrogens (primary N) is 1. The van der Waals surface area contributed by atoms with Gasteiger partial charge in [-0.1, -0.05) is 19.1 Å². The van der Waals surface area contributed by atoms with Crippen molar-refractivity contribution >= 4 is 17.1 Å². The molecule has 2 aromatic rings. The van der Waals surface area contributed by atoms with Gasteiger partial charge in [0.05, 0.1) is 0 Å². The highest BCUT2D eigenvalue weighted by molar-refractivity contribution is 5.62. The molecule has 0 aliphatic carbocycles. The third-order valence-electron chi connectivity index (χ3n) is 2.53. The quantitative estimate of drug-likeness (QED) is 0.763. The average molecular weight is 212 g/mol. The Bertz CT molecular complexity index is 460. The van der Waals surface area contributed by atoms with Gasteiger partial charge in [-0.25, -0.2) is 0 Å². The Morgan fingerprint density at radius 1 is 1.00 bits per heavy atom. The van der Waals surface area contributed by atoms with E-state index in [4.69, 9.17) is 5.73 Å². The molecule has 2 rings (SSSR count). The Morgan fingerprint density at radius 2 is 1.75 bits per heavy atom. The van der Waals surface area contributed by atoms with Crippen molar-refractivity contribution < 1.29 is 0 Å². The van der Waals surface area contributed by atoms with E-state index >= 15 is 0 Å². The lowest BCUT2D eigenvalue weighted by atomic mass is 10.1. The molecule has 2 heteroatoms. The molecule has 0 aliphatic heterocycles. The number of nitrogen functional groups attached to an aromatic ring is 1. The van der Waals surface area contributed by atoms with Crippen LogP contribution in [0.3, 0.4) is 0 Å². The first-order valence-electron chi connectivity index (χ1n) is 5.49. The molecule has 0 aromatic heterocycles. The number of anilines is 3. The van der Waals surface area contributed by atoms with Crippen molar-refractivity contribution in [2.24, 2.45) is 0 Å². The molecule has 0 unspecified atom stereocenters. The van der Waals surface area contributed by atoms with Gasteiger partial charge in [-0.15, -0.1) is 0 Å². The van der Waals surface area contributed by atoms with E-state index in [2.05, 4.69) is 36.5 Å². The van der Waals surface area contributed by atoms with Crippen molar-refractivity contribution in [2.75, 3.05) is 11.1 Å². The summed E-state index contributed by atoms with van der Waals surface area (Å²) in [5.41, 5.74) is 9.93. The molecular formula is C14H16N2. The van der Waals surface area contributed by atoms with Crippen LogP contribution in [0.5, 0.6) is 0 Å². The standard InChI is InChI=1S/C14H16N2/c1-2-11-4-3-5-14(10-11)16-13-8-6-12(15)7-9-13/h3-10,16H,2,15H2,1H3. The zero-order valence-electron chi connectivity index (χ0n) is 9.40. The molecule has 0 saturated heterocycles. The molecule has 0 fully saturated rings. The lowest BCUT2D eigenvalue weighted by Crippen LogP contribution is -1.92. The van der Waals surface area contributed by atoms with E-state index in [1.165, 1.54) is 5.56 Å². The summed E-state index contributed by atoms with van der Waals surface area (Å²) >= 11 is 0. The van der Waals surface area contributed by atoms with Crippen molar-refractivity contribution in [1.29, 1.82) is 0 Å². The molecule has 0 heterocycles. The molecule has 0 amide bonds. The normalized spacial score (nSPS) is 10.1. The van der Waals surface area contributed by atoms with Gasteiger partial charge >= 0.3 is 0 Å². The van der Waals surface area contributed by atoms with E-state index in [0.29, 0.717) is 0 Å². The second kappa shape index (κ2) is 4.71. The lowest BCUT2D eigenvalue weighted by Gasteiger charge is -2.07. The van der Waals surface area contributed by atoms with Crippen LogP contribution in [0.15, 0.2) is 48.5 Å². The highest BCUT2D eigenvalue weighted by Crippen LogP contribution is 2.18. The molecule has 0 radical (unpaired) electrons. The summed E-state index contributed by atoms with van der Waals surface area (Å²) < 4.78 is 0. The predicted molar refractivity (Wildman–Crippen MR) is 70.0 cm³/mol. The van der Waals surface area contributed by atoms with Crippen LogP contribution in [0, 0.1) is 0 Å². The highest BCUT2D eigenvalue weighted by Gasteiger charge is 1.95. The third kappa shape index (κ3) is 2.54. The minimum Gasteiger partial charge on any atom is -0.399 e. The summed E-state index contributed by atoms with van der Waals surface area (Å²) in [4.78, 5) is 0. The van der Waals surface area contributed by atoms with Crippen molar-refractivity contribution in [3.8, 4) is 0 Å². The fourth-order valence-corrected chi connectivity index (χ4v) is 1.60. The topological polar surface area (TPSA) is 38.0 Å². The summed E-state index contributed by atoms with van der Waals surface area (Å²) in [6.45, 7) is 2.16. The summed E-state index contributed by atoms with van der Waals surface area (Å²) in [5, 5.41) is 3.35. The number of nitrogens with one attached hydrogen (secondary N) is 1. The van der Waals surface area contributed by atoms with Gasteiger partial charge in [0.2, 0.25) is 0 Å². The Kier molecular flexibility index (Phi) is 3.10. The van der Waals surface area contributed by atoms with Gasteiger partial charge in [-0.05, 0) is 48.4 Å². The fourth-order valence-electron chi connectivity index (χ4n) is 1.60. The number of aryl methyl sites for hydroxylation is 1. The minimum atomic E-state index is 0.785. The van der Waals surface area contributed by atoms with Crippen molar-refractivity contribution in [3.05, 3.63) is 54.1 Å². The van der Waals surface area contributed by atoms with Crippen LogP contribution in [0.25, 0.3) is 0 Å². The largest absolute Gasteiger partial charge is 0.399 e. The SMILES string of the molecule is CCc1cccc(Nc2ccc(N)cc2)c1. The molecular weight excluding hydrogens is 196 g/mol. The van der Waals surface area contributed by atoms with Crippen LogP contribution in [-0.4, -0.2) is 0 Å². The first kappa shape index (κ1) is 10.6. The molecule has 0 saturated carbocycles. The number of benzene rings is 2. The molecule has 2 nitrogen and oxygen atoms in total. The molecule has 2 aromatic carbocycles. The van der Waals surface area contributed by atoms with Crippen LogP contribution in [0.2, 0.25) is 0 Å². The molecule has 0 atom stereocenters. The second-order valence-corrected chi connectivity index (χ2v) is 3.80. The fraction of sp³-hybridized carbons (Fsp3) is 0.143. The minimum absolute atomic E-state index is 0.785. The van der Waals surface area contributed by atoms with Gasteiger partial charge in [0.1, 0.15) is 0 Å². The number of hydrogen-bond acceptors (Lipinski definition) is 2.